The van der Waals surface area contributed by atoms with Gasteiger partial charge in [0, 0.05) is 19.1 Å². The van der Waals surface area contributed by atoms with Crippen LogP contribution in [0.1, 0.15) is 24.8 Å². The third-order valence-corrected chi connectivity index (χ3v) is 3.55. The Kier molecular flexibility index (Phi) is 5.47. The van der Waals surface area contributed by atoms with Gasteiger partial charge in [0.05, 0.1) is 0 Å². The summed E-state index contributed by atoms with van der Waals surface area (Å²) in [6.45, 7) is 2.73. The number of alkyl halides is 3. The third-order valence-electron chi connectivity index (χ3n) is 3.55. The lowest BCUT2D eigenvalue weighted by Crippen LogP contribution is -2.42. The van der Waals surface area contributed by atoms with E-state index >= 15 is 0 Å². The molecule has 1 aliphatic heterocycles. The van der Waals surface area contributed by atoms with Crippen LogP contribution in [0.4, 0.5) is 13.2 Å². The average Bonchev–Trinajstić information content (AvgIpc) is 2.40. The van der Waals surface area contributed by atoms with Crippen LogP contribution in [0.25, 0.3) is 0 Å². The summed E-state index contributed by atoms with van der Waals surface area (Å²) < 4.78 is 40.1. The zero-order valence-corrected chi connectivity index (χ0v) is 12.1. The van der Waals surface area contributed by atoms with Crippen molar-refractivity contribution in [3.8, 4) is 5.75 Å². The molecule has 1 fully saturated rings. The second kappa shape index (κ2) is 7.13. The van der Waals surface area contributed by atoms with Crippen LogP contribution < -0.4 is 10.1 Å². The molecule has 118 valence electrons. The van der Waals surface area contributed by atoms with Crippen molar-refractivity contribution in [1.82, 2.24) is 10.2 Å². The summed E-state index contributed by atoms with van der Waals surface area (Å²) in [5.74, 6) is -0.178. The van der Waals surface area contributed by atoms with E-state index in [-0.39, 0.29) is 5.75 Å². The minimum Gasteiger partial charge on any atom is -0.406 e. The van der Waals surface area contributed by atoms with Crippen LogP contribution in [-0.2, 0) is 6.54 Å². The van der Waals surface area contributed by atoms with Crippen molar-refractivity contribution in [3.63, 3.8) is 0 Å². The molecule has 1 unspecified atom stereocenters. The number of nitrogens with one attached hydrogen (secondary N) is 1. The predicted molar refractivity (Wildman–Crippen MR) is 75.1 cm³/mol. The van der Waals surface area contributed by atoms with Gasteiger partial charge in [0.1, 0.15) is 5.75 Å². The summed E-state index contributed by atoms with van der Waals surface area (Å²) in [6, 6.07) is 6.57. The highest BCUT2D eigenvalue weighted by atomic mass is 19.4. The van der Waals surface area contributed by atoms with E-state index in [0.29, 0.717) is 12.6 Å². The molecule has 6 heteroatoms. The van der Waals surface area contributed by atoms with Gasteiger partial charge in [-0.15, -0.1) is 13.2 Å². The van der Waals surface area contributed by atoms with E-state index in [4.69, 9.17) is 0 Å². The summed E-state index contributed by atoms with van der Waals surface area (Å²) in [5.41, 5.74) is 0.975. The van der Waals surface area contributed by atoms with Crippen molar-refractivity contribution in [2.75, 3.05) is 20.1 Å². The molecule has 0 radical (unpaired) electrons. The van der Waals surface area contributed by atoms with Crippen molar-refractivity contribution in [2.24, 2.45) is 0 Å². The molecular weight excluding hydrogens is 281 g/mol. The lowest BCUT2D eigenvalue weighted by Gasteiger charge is -2.28. The van der Waals surface area contributed by atoms with E-state index < -0.39 is 6.36 Å². The molecule has 0 spiro atoms. The zero-order chi connectivity index (χ0) is 15.3. The van der Waals surface area contributed by atoms with Crippen LogP contribution in [0.5, 0.6) is 5.75 Å². The van der Waals surface area contributed by atoms with Gasteiger partial charge in [-0.2, -0.15) is 0 Å². The van der Waals surface area contributed by atoms with Gasteiger partial charge in [-0.1, -0.05) is 18.6 Å². The molecular formula is C15H21F3N2O. The first-order valence-electron chi connectivity index (χ1n) is 7.19. The standard InChI is InChI=1S/C15H21F3N2O/c1-20(11-13-4-2-3-9-19-13)10-12-5-7-14(8-6-12)21-15(16,17)18/h5-8,13,19H,2-4,9-11H2,1H3. The fourth-order valence-corrected chi connectivity index (χ4v) is 2.63. The molecule has 1 atom stereocenters. The lowest BCUT2D eigenvalue weighted by atomic mass is 10.0. The molecule has 0 bridgehead atoms. The summed E-state index contributed by atoms with van der Waals surface area (Å²) in [6.07, 6.45) is -0.955. The molecule has 2 rings (SSSR count). The molecule has 0 saturated carbocycles. The van der Waals surface area contributed by atoms with E-state index in [1.54, 1.807) is 12.1 Å². The monoisotopic (exact) mass is 302 g/mol. The van der Waals surface area contributed by atoms with E-state index in [1.165, 1.54) is 31.4 Å². The number of nitrogens with zero attached hydrogens (tertiary/aromatic N) is 1. The SMILES string of the molecule is CN(Cc1ccc(OC(F)(F)F)cc1)CC1CCCCN1. The van der Waals surface area contributed by atoms with Crippen LogP contribution in [0.3, 0.4) is 0 Å². The van der Waals surface area contributed by atoms with Crippen LogP contribution in [0, 0.1) is 0 Å². The minimum absolute atomic E-state index is 0.178. The number of piperidine rings is 1. The maximum atomic E-state index is 12.1. The Morgan fingerprint density at radius 2 is 1.95 bits per heavy atom. The Balaban J connectivity index is 1.81. The fraction of sp³-hybridized carbons (Fsp3) is 0.600. The number of hydrogen-bond acceptors (Lipinski definition) is 3. The van der Waals surface area contributed by atoms with Gasteiger partial charge in [0.25, 0.3) is 0 Å². The minimum atomic E-state index is -4.63. The largest absolute Gasteiger partial charge is 0.573 e. The van der Waals surface area contributed by atoms with Gasteiger partial charge in [-0.3, -0.25) is 0 Å². The molecule has 0 amide bonds. The van der Waals surface area contributed by atoms with Gasteiger partial charge < -0.3 is 15.0 Å². The molecule has 1 N–H and O–H groups in total. The Morgan fingerprint density at radius 1 is 1.24 bits per heavy atom. The van der Waals surface area contributed by atoms with Crippen LogP contribution in [0.2, 0.25) is 0 Å². The summed E-state index contributed by atoms with van der Waals surface area (Å²) in [4.78, 5) is 2.18. The fourth-order valence-electron chi connectivity index (χ4n) is 2.63. The highest BCUT2D eigenvalue weighted by molar-refractivity contribution is 5.27. The first-order valence-corrected chi connectivity index (χ1v) is 7.19. The maximum absolute atomic E-state index is 12.1. The van der Waals surface area contributed by atoms with Crippen LogP contribution in [-0.4, -0.2) is 37.4 Å². The number of likely N-dealkylation sites (N-methyl/N-ethyl adjacent to an activating group) is 1. The second-order valence-corrected chi connectivity index (χ2v) is 5.54. The second-order valence-electron chi connectivity index (χ2n) is 5.54. The van der Waals surface area contributed by atoms with Crippen molar-refractivity contribution in [3.05, 3.63) is 29.8 Å². The molecule has 3 nitrogen and oxygen atoms in total. The highest BCUT2D eigenvalue weighted by Gasteiger charge is 2.30. The number of ether oxygens (including phenoxy) is 1. The van der Waals surface area contributed by atoms with Gasteiger partial charge in [0.2, 0.25) is 0 Å². The zero-order valence-electron chi connectivity index (χ0n) is 12.1. The van der Waals surface area contributed by atoms with Gasteiger partial charge in [-0.25, -0.2) is 0 Å². The lowest BCUT2D eigenvalue weighted by molar-refractivity contribution is -0.274. The van der Waals surface area contributed by atoms with Crippen LogP contribution >= 0.6 is 0 Å². The van der Waals surface area contributed by atoms with E-state index in [9.17, 15) is 13.2 Å². The number of benzene rings is 1. The Morgan fingerprint density at radius 3 is 2.52 bits per heavy atom. The smallest absolute Gasteiger partial charge is 0.406 e. The van der Waals surface area contributed by atoms with Crippen molar-refractivity contribution < 1.29 is 17.9 Å². The van der Waals surface area contributed by atoms with Gasteiger partial charge in [-0.05, 0) is 44.1 Å². The summed E-state index contributed by atoms with van der Waals surface area (Å²) >= 11 is 0. The molecule has 21 heavy (non-hydrogen) atoms. The van der Waals surface area contributed by atoms with Gasteiger partial charge >= 0.3 is 6.36 Å². The molecule has 1 aliphatic rings. The van der Waals surface area contributed by atoms with E-state index in [2.05, 4.69) is 15.0 Å². The molecule has 0 aromatic heterocycles. The molecule has 1 aromatic rings. The first kappa shape index (κ1) is 16.1. The highest BCUT2D eigenvalue weighted by Crippen LogP contribution is 2.23. The predicted octanol–water partition coefficient (Wildman–Crippen LogP) is 3.16. The van der Waals surface area contributed by atoms with Gasteiger partial charge in [0.15, 0.2) is 0 Å². The van der Waals surface area contributed by atoms with Crippen molar-refractivity contribution in [1.29, 1.82) is 0 Å². The third kappa shape index (κ3) is 5.93. The Labute approximate surface area is 123 Å². The van der Waals surface area contributed by atoms with Crippen molar-refractivity contribution >= 4 is 0 Å². The van der Waals surface area contributed by atoms with E-state index in [0.717, 1.165) is 18.7 Å². The Hall–Kier alpha value is -1.27. The van der Waals surface area contributed by atoms with E-state index in [1.807, 2.05) is 7.05 Å². The molecule has 1 heterocycles. The first-order chi connectivity index (χ1) is 9.92. The van der Waals surface area contributed by atoms with Crippen molar-refractivity contribution in [2.45, 2.75) is 38.2 Å². The summed E-state index contributed by atoms with van der Waals surface area (Å²) in [5, 5.41) is 3.48. The average molecular weight is 302 g/mol. The topological polar surface area (TPSA) is 24.5 Å². The summed E-state index contributed by atoms with van der Waals surface area (Å²) in [7, 11) is 2.02. The number of hydrogen-bond donors (Lipinski definition) is 1. The quantitative estimate of drug-likeness (QED) is 0.904. The molecule has 1 aromatic carbocycles. The van der Waals surface area contributed by atoms with Crippen LogP contribution in [0.15, 0.2) is 24.3 Å². The number of halogens is 3. The number of rotatable bonds is 5. The maximum Gasteiger partial charge on any atom is 0.573 e. The Bertz CT molecular complexity index is 428. The normalized spacial score (nSPS) is 19.8. The molecule has 0 aliphatic carbocycles. The molecule has 1 saturated heterocycles.